The van der Waals surface area contributed by atoms with Gasteiger partial charge in [0.2, 0.25) is 5.91 Å². The number of likely N-dealkylation sites (N-methyl/N-ethyl adjacent to an activating group) is 1. The Balaban J connectivity index is 1.56. The van der Waals surface area contributed by atoms with Crippen molar-refractivity contribution in [1.82, 2.24) is 10.2 Å². The van der Waals surface area contributed by atoms with Crippen LogP contribution in [0.15, 0.2) is 84.9 Å². The Morgan fingerprint density at radius 1 is 0.882 bits per heavy atom. The number of alkyl carbamates (subject to hydrolysis) is 1. The Bertz CT molecular complexity index is 1120. The van der Waals surface area contributed by atoms with Crippen LogP contribution < -0.4 is 10.6 Å². The third kappa shape index (κ3) is 6.68. The van der Waals surface area contributed by atoms with Crippen molar-refractivity contribution in [1.29, 1.82) is 0 Å². The molecular formula is C27H29N3O4. The molecule has 0 saturated heterocycles. The summed E-state index contributed by atoms with van der Waals surface area (Å²) in [6.45, 7) is 3.63. The van der Waals surface area contributed by atoms with Gasteiger partial charge in [-0.15, -0.1) is 0 Å². The molecule has 2 unspecified atom stereocenters. The minimum absolute atomic E-state index is 0.126. The number of anilines is 1. The van der Waals surface area contributed by atoms with Crippen molar-refractivity contribution in [3.63, 3.8) is 0 Å². The smallest absolute Gasteiger partial charge is 0.408 e. The highest BCUT2D eigenvalue weighted by molar-refractivity contribution is 6.04. The lowest BCUT2D eigenvalue weighted by Gasteiger charge is -2.28. The monoisotopic (exact) mass is 459 g/mol. The van der Waals surface area contributed by atoms with Gasteiger partial charge in [-0.3, -0.25) is 9.59 Å². The summed E-state index contributed by atoms with van der Waals surface area (Å²) in [4.78, 5) is 39.0. The predicted molar refractivity (Wildman–Crippen MR) is 131 cm³/mol. The highest BCUT2D eigenvalue weighted by Crippen LogP contribution is 2.23. The summed E-state index contributed by atoms with van der Waals surface area (Å²) in [5.74, 6) is -0.468. The zero-order chi connectivity index (χ0) is 24.5. The topological polar surface area (TPSA) is 87.7 Å². The maximum atomic E-state index is 12.9. The lowest BCUT2D eigenvalue weighted by atomic mass is 10.1. The first-order valence-electron chi connectivity index (χ1n) is 11.1. The average Bonchev–Trinajstić information content (AvgIpc) is 2.87. The van der Waals surface area contributed by atoms with Crippen LogP contribution in [0.2, 0.25) is 0 Å². The number of amides is 3. The van der Waals surface area contributed by atoms with Crippen molar-refractivity contribution in [2.24, 2.45) is 0 Å². The van der Waals surface area contributed by atoms with Crippen molar-refractivity contribution in [2.45, 2.75) is 32.5 Å². The minimum Gasteiger partial charge on any atom is -0.445 e. The molecule has 2 atom stereocenters. The van der Waals surface area contributed by atoms with Crippen LogP contribution in [0.1, 0.15) is 41.4 Å². The Morgan fingerprint density at radius 2 is 1.53 bits per heavy atom. The fourth-order valence-corrected chi connectivity index (χ4v) is 3.39. The summed E-state index contributed by atoms with van der Waals surface area (Å²) >= 11 is 0. The summed E-state index contributed by atoms with van der Waals surface area (Å²) in [5, 5.41) is 5.47. The van der Waals surface area contributed by atoms with Gasteiger partial charge in [-0.1, -0.05) is 60.7 Å². The fraction of sp³-hybridized carbons (Fsp3) is 0.222. The highest BCUT2D eigenvalue weighted by atomic mass is 16.5. The summed E-state index contributed by atoms with van der Waals surface area (Å²) in [6, 6.07) is 24.6. The van der Waals surface area contributed by atoms with Crippen LogP contribution in [0.3, 0.4) is 0 Å². The minimum atomic E-state index is -0.767. The molecule has 3 aromatic rings. The van der Waals surface area contributed by atoms with Crippen molar-refractivity contribution in [2.75, 3.05) is 12.4 Å². The van der Waals surface area contributed by atoms with Crippen molar-refractivity contribution >= 4 is 23.6 Å². The highest BCUT2D eigenvalue weighted by Gasteiger charge is 2.24. The van der Waals surface area contributed by atoms with Crippen molar-refractivity contribution in [3.05, 3.63) is 102 Å². The molecule has 0 heterocycles. The summed E-state index contributed by atoms with van der Waals surface area (Å²) in [7, 11) is 1.68. The molecule has 0 spiro atoms. The first-order chi connectivity index (χ1) is 16.3. The third-order valence-corrected chi connectivity index (χ3v) is 5.51. The normalized spacial score (nSPS) is 12.2. The van der Waals surface area contributed by atoms with Crippen molar-refractivity contribution in [3.8, 4) is 0 Å². The van der Waals surface area contributed by atoms with E-state index in [2.05, 4.69) is 10.6 Å². The molecule has 0 aromatic heterocycles. The maximum Gasteiger partial charge on any atom is 0.408 e. The number of nitrogens with one attached hydrogen (secondary N) is 2. The van der Waals surface area contributed by atoms with Crippen LogP contribution in [0.25, 0.3) is 0 Å². The number of nitrogens with zero attached hydrogens (tertiary/aromatic N) is 1. The maximum absolute atomic E-state index is 12.9. The van der Waals surface area contributed by atoms with Crippen LogP contribution in [0, 0.1) is 0 Å². The van der Waals surface area contributed by atoms with E-state index in [1.165, 1.54) is 0 Å². The van der Waals surface area contributed by atoms with Gasteiger partial charge in [-0.25, -0.2) is 4.79 Å². The van der Waals surface area contributed by atoms with E-state index in [-0.39, 0.29) is 24.5 Å². The average molecular weight is 460 g/mol. The van der Waals surface area contributed by atoms with Crippen LogP contribution in [-0.4, -0.2) is 35.9 Å². The number of hydrogen-bond donors (Lipinski definition) is 2. The van der Waals surface area contributed by atoms with Gasteiger partial charge in [0.1, 0.15) is 12.6 Å². The Kier molecular flexibility index (Phi) is 8.40. The van der Waals surface area contributed by atoms with E-state index in [4.69, 9.17) is 4.74 Å². The second-order valence-electron chi connectivity index (χ2n) is 8.00. The number of benzene rings is 3. The quantitative estimate of drug-likeness (QED) is 0.508. The van der Waals surface area contributed by atoms with Gasteiger partial charge in [0.25, 0.3) is 5.91 Å². The van der Waals surface area contributed by atoms with E-state index < -0.39 is 12.1 Å². The Morgan fingerprint density at radius 3 is 2.21 bits per heavy atom. The molecule has 0 saturated carbocycles. The van der Waals surface area contributed by atoms with Gasteiger partial charge in [0.05, 0.1) is 6.04 Å². The molecule has 34 heavy (non-hydrogen) atoms. The van der Waals surface area contributed by atoms with Crippen LogP contribution in [0.5, 0.6) is 0 Å². The molecule has 0 aliphatic heterocycles. The van der Waals surface area contributed by atoms with E-state index in [1.54, 1.807) is 49.2 Å². The van der Waals surface area contributed by atoms with E-state index >= 15 is 0 Å². The molecule has 3 amide bonds. The fourth-order valence-electron chi connectivity index (χ4n) is 3.39. The van der Waals surface area contributed by atoms with Gasteiger partial charge in [0, 0.05) is 18.3 Å². The lowest BCUT2D eigenvalue weighted by molar-refractivity contribution is -0.133. The van der Waals surface area contributed by atoms with Crippen LogP contribution in [-0.2, 0) is 16.1 Å². The Hall–Kier alpha value is -4.13. The first-order valence-corrected chi connectivity index (χ1v) is 11.1. The molecule has 176 valence electrons. The number of carbonyl (C=O) groups is 3. The molecule has 0 radical (unpaired) electrons. The SMILES string of the molecule is CC(NC(=O)OCc1ccccc1)C(=O)N(C)C(C)c1cccc(NC(=O)c2ccccc2)c1. The standard InChI is InChI=1S/C27H29N3O4/c1-19(28-27(33)34-18-21-11-6-4-7-12-21)26(32)30(3)20(2)23-15-10-16-24(17-23)29-25(31)22-13-8-5-9-14-22/h4-17,19-20H,18H2,1-3H3,(H,28,33)(H,29,31). The molecule has 2 N–H and O–H groups in total. The Labute approximate surface area is 199 Å². The van der Waals surface area contributed by atoms with Gasteiger partial charge < -0.3 is 20.3 Å². The molecule has 0 bridgehead atoms. The molecule has 7 nitrogen and oxygen atoms in total. The molecule has 0 aliphatic rings. The number of hydrogen-bond acceptors (Lipinski definition) is 4. The molecule has 3 rings (SSSR count). The van der Waals surface area contributed by atoms with E-state index in [0.717, 1.165) is 11.1 Å². The van der Waals surface area contributed by atoms with Gasteiger partial charge in [0.15, 0.2) is 0 Å². The zero-order valence-electron chi connectivity index (χ0n) is 19.5. The second kappa shape index (κ2) is 11.7. The first kappa shape index (κ1) is 24.5. The number of ether oxygens (including phenoxy) is 1. The van der Waals surface area contributed by atoms with E-state index in [0.29, 0.717) is 11.3 Å². The van der Waals surface area contributed by atoms with E-state index in [1.807, 2.05) is 61.5 Å². The van der Waals surface area contributed by atoms with Gasteiger partial charge in [-0.2, -0.15) is 0 Å². The van der Waals surface area contributed by atoms with Gasteiger partial charge >= 0.3 is 6.09 Å². The molecule has 0 fully saturated rings. The second-order valence-corrected chi connectivity index (χ2v) is 8.00. The lowest BCUT2D eigenvalue weighted by Crippen LogP contribution is -2.46. The summed E-state index contributed by atoms with van der Waals surface area (Å²) < 4.78 is 5.20. The summed E-state index contributed by atoms with van der Waals surface area (Å²) in [6.07, 6.45) is -0.656. The van der Waals surface area contributed by atoms with Crippen LogP contribution >= 0.6 is 0 Å². The molecular weight excluding hydrogens is 430 g/mol. The predicted octanol–water partition coefficient (Wildman–Crippen LogP) is 4.77. The number of rotatable bonds is 8. The molecule has 3 aromatic carbocycles. The zero-order valence-corrected chi connectivity index (χ0v) is 19.5. The van der Waals surface area contributed by atoms with Gasteiger partial charge in [-0.05, 0) is 49.2 Å². The van der Waals surface area contributed by atoms with Crippen molar-refractivity contribution < 1.29 is 19.1 Å². The molecule has 7 heteroatoms. The third-order valence-electron chi connectivity index (χ3n) is 5.51. The summed E-state index contributed by atoms with van der Waals surface area (Å²) in [5.41, 5.74) is 2.91. The largest absolute Gasteiger partial charge is 0.445 e. The molecule has 0 aliphatic carbocycles. The van der Waals surface area contributed by atoms with E-state index in [9.17, 15) is 14.4 Å². The van der Waals surface area contributed by atoms with Crippen LogP contribution in [0.4, 0.5) is 10.5 Å². The number of carbonyl (C=O) groups excluding carboxylic acids is 3.